The average molecular weight is 289 g/mol. The Morgan fingerprint density at radius 3 is 2.62 bits per heavy atom. The molecule has 3 nitrogen and oxygen atoms in total. The fourth-order valence-electron chi connectivity index (χ4n) is 3.18. The van der Waals surface area contributed by atoms with Crippen molar-refractivity contribution in [3.63, 3.8) is 0 Å². The zero-order valence-electron chi connectivity index (χ0n) is 14.5. The molecule has 0 aromatic carbocycles. The van der Waals surface area contributed by atoms with Gasteiger partial charge in [0.15, 0.2) is 0 Å². The second-order valence-corrected chi connectivity index (χ2v) is 7.94. The number of hydrogen-bond donors (Lipinski definition) is 1. The molecule has 1 N–H and O–H groups in total. The number of nitrogens with zero attached hydrogens (tertiary/aromatic N) is 2. The summed E-state index contributed by atoms with van der Waals surface area (Å²) in [5.74, 6) is 0.663. The topological polar surface area (TPSA) is 28.2 Å². The largest absolute Gasteiger partial charge is 0.311 e. The maximum Gasteiger partial charge on any atom is 0.0313 e. The Labute approximate surface area is 130 Å². The van der Waals surface area contributed by atoms with Gasteiger partial charge in [-0.15, -0.1) is 0 Å². The molecule has 0 amide bonds. The summed E-state index contributed by atoms with van der Waals surface area (Å²) in [4.78, 5) is 6.99. The Morgan fingerprint density at radius 2 is 2.05 bits per heavy atom. The molecule has 3 heteroatoms. The van der Waals surface area contributed by atoms with Crippen LogP contribution in [0.5, 0.6) is 0 Å². The lowest BCUT2D eigenvalue weighted by atomic mass is 9.83. The van der Waals surface area contributed by atoms with Crippen LogP contribution in [-0.2, 0) is 6.54 Å². The van der Waals surface area contributed by atoms with E-state index in [4.69, 9.17) is 0 Å². The van der Waals surface area contributed by atoms with Crippen LogP contribution in [0.25, 0.3) is 0 Å². The van der Waals surface area contributed by atoms with Crippen molar-refractivity contribution >= 4 is 0 Å². The lowest BCUT2D eigenvalue weighted by molar-refractivity contribution is 0.0571. The maximum atomic E-state index is 4.35. The number of piperazine rings is 1. The van der Waals surface area contributed by atoms with Crippen molar-refractivity contribution in [3.8, 4) is 0 Å². The van der Waals surface area contributed by atoms with Gasteiger partial charge in [-0.1, -0.05) is 40.7 Å². The normalized spacial score (nSPS) is 24.5. The zero-order valence-corrected chi connectivity index (χ0v) is 14.5. The van der Waals surface area contributed by atoms with Gasteiger partial charge in [0.1, 0.15) is 0 Å². The van der Waals surface area contributed by atoms with E-state index in [1.165, 1.54) is 11.1 Å². The van der Waals surface area contributed by atoms with Crippen molar-refractivity contribution in [3.05, 3.63) is 29.6 Å². The van der Waals surface area contributed by atoms with Gasteiger partial charge < -0.3 is 5.32 Å². The monoisotopic (exact) mass is 289 g/mol. The highest BCUT2D eigenvalue weighted by atomic mass is 15.2. The summed E-state index contributed by atoms with van der Waals surface area (Å²) in [7, 11) is 0. The lowest BCUT2D eigenvalue weighted by Gasteiger charge is -2.46. The highest BCUT2D eigenvalue weighted by Gasteiger charge is 2.35. The number of aryl methyl sites for hydroxylation is 1. The zero-order chi connectivity index (χ0) is 15.6. The van der Waals surface area contributed by atoms with Crippen LogP contribution in [0.4, 0.5) is 0 Å². The first-order valence-electron chi connectivity index (χ1n) is 8.15. The Morgan fingerprint density at radius 1 is 1.33 bits per heavy atom. The summed E-state index contributed by atoms with van der Waals surface area (Å²) >= 11 is 0. The van der Waals surface area contributed by atoms with E-state index >= 15 is 0 Å². The number of pyridine rings is 1. The van der Waals surface area contributed by atoms with E-state index in [1.807, 2.05) is 12.4 Å². The van der Waals surface area contributed by atoms with E-state index in [9.17, 15) is 0 Å². The van der Waals surface area contributed by atoms with Crippen LogP contribution in [0.1, 0.15) is 45.7 Å². The molecule has 118 valence electrons. The molecule has 2 rings (SSSR count). The third kappa shape index (κ3) is 4.27. The first-order chi connectivity index (χ1) is 9.77. The molecule has 1 aromatic rings. The Bertz CT molecular complexity index is 462. The summed E-state index contributed by atoms with van der Waals surface area (Å²) < 4.78 is 0. The fourth-order valence-corrected chi connectivity index (χ4v) is 3.18. The van der Waals surface area contributed by atoms with Crippen molar-refractivity contribution in [1.29, 1.82) is 0 Å². The summed E-state index contributed by atoms with van der Waals surface area (Å²) in [6.45, 7) is 16.9. The second-order valence-electron chi connectivity index (χ2n) is 7.94. The number of nitrogens with one attached hydrogen (secondary N) is 1. The molecule has 1 aliphatic rings. The summed E-state index contributed by atoms with van der Waals surface area (Å²) in [5.41, 5.74) is 2.87. The van der Waals surface area contributed by atoms with Crippen LogP contribution in [0.3, 0.4) is 0 Å². The number of rotatable bonds is 3. The Balaban J connectivity index is 2.14. The molecule has 1 fully saturated rings. The van der Waals surface area contributed by atoms with Crippen LogP contribution >= 0.6 is 0 Å². The molecule has 1 aromatic heterocycles. The molecule has 1 aliphatic heterocycles. The minimum Gasteiger partial charge on any atom is -0.311 e. The Hall–Kier alpha value is -0.930. The molecule has 2 heterocycles. The smallest absolute Gasteiger partial charge is 0.0313 e. The average Bonchev–Trinajstić information content (AvgIpc) is 2.37. The first-order valence-corrected chi connectivity index (χ1v) is 8.15. The SMILES string of the molecule is Cc1cncc(CN2CC(C(C)(C)C)NCC2C(C)C)c1. The second kappa shape index (κ2) is 6.45. The minimum atomic E-state index is 0.297. The minimum absolute atomic E-state index is 0.297. The predicted molar refractivity (Wildman–Crippen MR) is 89.3 cm³/mol. The molecule has 0 radical (unpaired) electrons. The van der Waals surface area contributed by atoms with E-state index in [0.29, 0.717) is 23.4 Å². The fraction of sp³-hybridized carbons (Fsp3) is 0.722. The van der Waals surface area contributed by atoms with Gasteiger partial charge in [-0.05, 0) is 29.4 Å². The third-order valence-electron chi connectivity index (χ3n) is 4.59. The van der Waals surface area contributed by atoms with Gasteiger partial charge >= 0.3 is 0 Å². The van der Waals surface area contributed by atoms with Crippen LogP contribution in [0.15, 0.2) is 18.5 Å². The highest BCUT2D eigenvalue weighted by molar-refractivity contribution is 5.17. The molecule has 1 saturated heterocycles. The van der Waals surface area contributed by atoms with Gasteiger partial charge in [0.2, 0.25) is 0 Å². The number of aromatic nitrogens is 1. The van der Waals surface area contributed by atoms with Crippen LogP contribution < -0.4 is 5.32 Å². The van der Waals surface area contributed by atoms with E-state index < -0.39 is 0 Å². The van der Waals surface area contributed by atoms with Crippen molar-refractivity contribution in [2.45, 2.75) is 60.2 Å². The number of hydrogen-bond acceptors (Lipinski definition) is 3. The van der Waals surface area contributed by atoms with Crippen LogP contribution in [0, 0.1) is 18.3 Å². The predicted octanol–water partition coefficient (Wildman–Crippen LogP) is 3.23. The van der Waals surface area contributed by atoms with Crippen molar-refractivity contribution in [2.24, 2.45) is 11.3 Å². The molecule has 2 atom stereocenters. The summed E-state index contributed by atoms with van der Waals surface area (Å²) in [6.07, 6.45) is 3.94. The van der Waals surface area contributed by atoms with Gasteiger partial charge in [0.25, 0.3) is 0 Å². The third-order valence-corrected chi connectivity index (χ3v) is 4.59. The van der Waals surface area contributed by atoms with Gasteiger partial charge in [-0.3, -0.25) is 9.88 Å². The van der Waals surface area contributed by atoms with Crippen molar-refractivity contribution in [1.82, 2.24) is 15.2 Å². The van der Waals surface area contributed by atoms with Crippen molar-refractivity contribution in [2.75, 3.05) is 13.1 Å². The summed E-state index contributed by atoms with van der Waals surface area (Å²) in [6, 6.07) is 3.41. The summed E-state index contributed by atoms with van der Waals surface area (Å²) in [5, 5.41) is 3.76. The quantitative estimate of drug-likeness (QED) is 0.926. The molecular formula is C18H31N3. The van der Waals surface area contributed by atoms with E-state index in [2.05, 4.69) is 62.8 Å². The van der Waals surface area contributed by atoms with E-state index in [1.54, 1.807) is 0 Å². The molecular weight excluding hydrogens is 258 g/mol. The van der Waals surface area contributed by atoms with Crippen molar-refractivity contribution < 1.29 is 0 Å². The highest BCUT2D eigenvalue weighted by Crippen LogP contribution is 2.26. The molecule has 0 aliphatic carbocycles. The van der Waals surface area contributed by atoms with Gasteiger partial charge in [0.05, 0.1) is 0 Å². The molecule has 0 spiro atoms. The molecule has 2 unspecified atom stereocenters. The maximum absolute atomic E-state index is 4.35. The van der Waals surface area contributed by atoms with Crippen LogP contribution in [0.2, 0.25) is 0 Å². The van der Waals surface area contributed by atoms with Gasteiger partial charge in [-0.25, -0.2) is 0 Å². The first kappa shape index (κ1) is 16.4. The van der Waals surface area contributed by atoms with Crippen LogP contribution in [-0.4, -0.2) is 35.1 Å². The van der Waals surface area contributed by atoms with E-state index in [0.717, 1.165) is 19.6 Å². The lowest BCUT2D eigenvalue weighted by Crippen LogP contribution is -2.61. The van der Waals surface area contributed by atoms with Gasteiger partial charge in [-0.2, -0.15) is 0 Å². The van der Waals surface area contributed by atoms with Gasteiger partial charge in [0, 0.05) is 44.1 Å². The molecule has 0 bridgehead atoms. The standard InChI is InChI=1S/C18H31N3/c1-13(2)16-10-20-17(18(4,5)6)12-21(16)11-15-7-14(3)8-19-9-15/h7-9,13,16-17,20H,10-12H2,1-6H3. The molecule has 0 saturated carbocycles. The van der Waals surface area contributed by atoms with E-state index in [-0.39, 0.29) is 0 Å². The molecule has 21 heavy (non-hydrogen) atoms. The Kier molecular flexibility index (Phi) is 5.05.